The fourth-order valence-corrected chi connectivity index (χ4v) is 2.41. The number of aliphatic hydroxyl groups is 2. The summed E-state index contributed by atoms with van der Waals surface area (Å²) in [5, 5.41) is 20.2. The van der Waals surface area contributed by atoms with Crippen molar-refractivity contribution in [1.82, 2.24) is 0 Å². The highest BCUT2D eigenvalue weighted by Gasteiger charge is 2.20. The van der Waals surface area contributed by atoms with E-state index in [2.05, 4.69) is 0 Å². The van der Waals surface area contributed by atoms with Crippen LogP contribution in [0.2, 0.25) is 0 Å². The molecule has 0 aliphatic rings. The minimum absolute atomic E-state index is 0.257. The van der Waals surface area contributed by atoms with Crippen LogP contribution in [0.15, 0.2) is 60.7 Å². The van der Waals surface area contributed by atoms with Crippen molar-refractivity contribution in [2.75, 3.05) is 0 Å². The molecule has 2 aromatic carbocycles. The lowest BCUT2D eigenvalue weighted by Crippen LogP contribution is -2.30. The largest absolute Gasteiger partial charge is 0.390 e. The maximum atomic E-state index is 10.1. The quantitative estimate of drug-likeness (QED) is 0.732. The van der Waals surface area contributed by atoms with Crippen LogP contribution in [-0.2, 0) is 6.42 Å². The highest BCUT2D eigenvalue weighted by atomic mass is 16.3. The van der Waals surface area contributed by atoms with Crippen molar-refractivity contribution in [3.05, 3.63) is 71.8 Å². The minimum Gasteiger partial charge on any atom is -0.390 e. The molecule has 3 nitrogen and oxygen atoms in total. The zero-order valence-corrected chi connectivity index (χ0v) is 12.1. The van der Waals surface area contributed by atoms with Gasteiger partial charge in [0.2, 0.25) is 0 Å². The van der Waals surface area contributed by atoms with Gasteiger partial charge in [-0.1, -0.05) is 60.7 Å². The summed E-state index contributed by atoms with van der Waals surface area (Å²) in [6.45, 7) is 0. The Hall–Kier alpha value is -1.68. The Morgan fingerprint density at radius 1 is 0.810 bits per heavy atom. The number of benzene rings is 2. The van der Waals surface area contributed by atoms with Gasteiger partial charge in [0, 0.05) is 6.04 Å². The van der Waals surface area contributed by atoms with E-state index < -0.39 is 12.2 Å². The predicted octanol–water partition coefficient (Wildman–Crippen LogP) is 2.43. The van der Waals surface area contributed by atoms with Gasteiger partial charge in [-0.15, -0.1) is 0 Å². The van der Waals surface area contributed by atoms with Gasteiger partial charge in [0.05, 0.1) is 12.2 Å². The maximum absolute atomic E-state index is 10.1. The van der Waals surface area contributed by atoms with Crippen LogP contribution < -0.4 is 5.73 Å². The molecule has 0 bridgehead atoms. The first-order chi connectivity index (χ1) is 10.2. The van der Waals surface area contributed by atoms with Crippen LogP contribution in [0.4, 0.5) is 0 Å². The summed E-state index contributed by atoms with van der Waals surface area (Å²) < 4.78 is 0. The third-order valence-corrected chi connectivity index (χ3v) is 3.74. The summed E-state index contributed by atoms with van der Waals surface area (Å²) in [6, 6.07) is 19.4. The Kier molecular flexibility index (Phi) is 5.93. The third kappa shape index (κ3) is 4.97. The molecule has 0 aliphatic heterocycles. The van der Waals surface area contributed by atoms with Gasteiger partial charge in [0.15, 0.2) is 0 Å². The highest BCUT2D eigenvalue weighted by molar-refractivity contribution is 5.18. The van der Waals surface area contributed by atoms with Gasteiger partial charge < -0.3 is 15.9 Å². The fourth-order valence-electron chi connectivity index (χ4n) is 2.41. The molecule has 0 radical (unpaired) electrons. The third-order valence-electron chi connectivity index (χ3n) is 3.74. The van der Waals surface area contributed by atoms with Crippen molar-refractivity contribution in [1.29, 1.82) is 0 Å². The summed E-state index contributed by atoms with van der Waals surface area (Å²) in [4.78, 5) is 0. The summed E-state index contributed by atoms with van der Waals surface area (Å²) in [5.41, 5.74) is 8.21. The van der Waals surface area contributed by atoms with Crippen LogP contribution >= 0.6 is 0 Å². The molecule has 0 amide bonds. The second kappa shape index (κ2) is 7.93. The molecule has 0 aromatic heterocycles. The Morgan fingerprint density at radius 2 is 1.38 bits per heavy atom. The van der Waals surface area contributed by atoms with Gasteiger partial charge >= 0.3 is 0 Å². The number of hydrogen-bond acceptors (Lipinski definition) is 3. The van der Waals surface area contributed by atoms with E-state index in [9.17, 15) is 10.2 Å². The van der Waals surface area contributed by atoms with Crippen LogP contribution in [0, 0.1) is 0 Å². The average molecular weight is 285 g/mol. The zero-order valence-electron chi connectivity index (χ0n) is 12.1. The topological polar surface area (TPSA) is 66.5 Å². The van der Waals surface area contributed by atoms with Crippen LogP contribution in [0.1, 0.15) is 30.0 Å². The molecule has 0 saturated heterocycles. The highest BCUT2D eigenvalue weighted by Crippen LogP contribution is 2.18. The molecule has 0 aliphatic carbocycles. The van der Waals surface area contributed by atoms with Crippen LogP contribution in [0.3, 0.4) is 0 Å². The molecule has 3 heteroatoms. The zero-order chi connectivity index (χ0) is 15.1. The Labute approximate surface area is 126 Å². The van der Waals surface area contributed by atoms with Crippen molar-refractivity contribution >= 4 is 0 Å². The van der Waals surface area contributed by atoms with E-state index in [1.165, 1.54) is 0 Å². The molecular formula is C18H23NO2. The van der Waals surface area contributed by atoms with Crippen LogP contribution in [0.25, 0.3) is 0 Å². The van der Waals surface area contributed by atoms with E-state index in [4.69, 9.17) is 5.73 Å². The smallest absolute Gasteiger partial charge is 0.0817 e. The predicted molar refractivity (Wildman–Crippen MR) is 84.8 cm³/mol. The second-order valence-corrected chi connectivity index (χ2v) is 5.41. The van der Waals surface area contributed by atoms with E-state index in [0.717, 1.165) is 17.5 Å². The first-order valence-corrected chi connectivity index (χ1v) is 7.37. The number of aliphatic hydroxyl groups excluding tert-OH is 2. The lowest BCUT2D eigenvalue weighted by Gasteiger charge is -2.21. The van der Waals surface area contributed by atoms with E-state index in [0.29, 0.717) is 12.8 Å². The van der Waals surface area contributed by atoms with E-state index >= 15 is 0 Å². The maximum Gasteiger partial charge on any atom is 0.0817 e. The Bertz CT molecular complexity index is 515. The van der Waals surface area contributed by atoms with E-state index in [1.54, 1.807) is 0 Å². The summed E-state index contributed by atoms with van der Waals surface area (Å²) in [7, 11) is 0. The molecule has 2 rings (SSSR count). The van der Waals surface area contributed by atoms with Crippen LogP contribution in [-0.4, -0.2) is 22.4 Å². The molecule has 3 atom stereocenters. The number of nitrogens with two attached hydrogens (primary N) is 1. The second-order valence-electron chi connectivity index (χ2n) is 5.41. The van der Waals surface area contributed by atoms with Gasteiger partial charge in [-0.3, -0.25) is 0 Å². The summed E-state index contributed by atoms with van der Waals surface area (Å²) >= 11 is 0. The molecule has 4 N–H and O–H groups in total. The Balaban J connectivity index is 1.81. The lowest BCUT2D eigenvalue weighted by atomic mass is 9.96. The molecule has 0 fully saturated rings. The Morgan fingerprint density at radius 3 is 2.00 bits per heavy atom. The van der Waals surface area contributed by atoms with Crippen molar-refractivity contribution in [3.63, 3.8) is 0 Å². The summed E-state index contributed by atoms with van der Waals surface area (Å²) in [6.07, 6.45) is 0.0932. The normalized spacial score (nSPS) is 15.4. The molecule has 0 spiro atoms. The van der Waals surface area contributed by atoms with Crippen molar-refractivity contribution < 1.29 is 10.2 Å². The molecular weight excluding hydrogens is 262 g/mol. The molecule has 0 saturated carbocycles. The number of hydrogen-bond donors (Lipinski definition) is 3. The monoisotopic (exact) mass is 285 g/mol. The summed E-state index contributed by atoms with van der Waals surface area (Å²) in [5.74, 6) is 0. The van der Waals surface area contributed by atoms with Gasteiger partial charge in [-0.25, -0.2) is 0 Å². The van der Waals surface area contributed by atoms with Crippen molar-refractivity contribution in [3.8, 4) is 0 Å². The molecule has 2 aromatic rings. The van der Waals surface area contributed by atoms with Gasteiger partial charge in [-0.2, -0.15) is 0 Å². The molecule has 0 heterocycles. The van der Waals surface area contributed by atoms with Crippen molar-refractivity contribution in [2.24, 2.45) is 5.73 Å². The van der Waals surface area contributed by atoms with Crippen molar-refractivity contribution in [2.45, 2.75) is 37.5 Å². The van der Waals surface area contributed by atoms with Gasteiger partial charge in [0.25, 0.3) is 0 Å². The number of aryl methyl sites for hydroxylation is 1. The molecule has 21 heavy (non-hydrogen) atoms. The lowest BCUT2D eigenvalue weighted by molar-refractivity contribution is 0.00635. The standard InChI is InChI=1S/C18H23NO2/c19-16(15-9-5-2-6-10-15)13-18(21)17(20)12-11-14-7-3-1-4-8-14/h1-10,16-18,20-21H,11-13,19H2. The van der Waals surface area contributed by atoms with Gasteiger partial charge in [0.1, 0.15) is 0 Å². The van der Waals surface area contributed by atoms with Gasteiger partial charge in [-0.05, 0) is 30.4 Å². The minimum atomic E-state index is -0.802. The number of rotatable bonds is 7. The first-order valence-electron chi connectivity index (χ1n) is 7.37. The average Bonchev–Trinajstić information content (AvgIpc) is 2.54. The SMILES string of the molecule is NC(CC(O)C(O)CCc1ccccc1)c1ccccc1. The van der Waals surface area contributed by atoms with E-state index in [-0.39, 0.29) is 6.04 Å². The molecule has 112 valence electrons. The van der Waals surface area contributed by atoms with E-state index in [1.807, 2.05) is 60.7 Å². The molecule has 3 unspecified atom stereocenters. The fraction of sp³-hybridized carbons (Fsp3) is 0.333. The first kappa shape index (κ1) is 15.7. The van der Waals surface area contributed by atoms with Crippen LogP contribution in [0.5, 0.6) is 0 Å².